The molecule has 0 spiro atoms. The number of fused-ring (bicyclic) bond motifs is 3. The summed E-state index contributed by atoms with van der Waals surface area (Å²) in [7, 11) is 0. The fraction of sp³-hybridized carbons (Fsp3) is 0. The van der Waals surface area contributed by atoms with Crippen LogP contribution in [0.2, 0.25) is 0 Å². The van der Waals surface area contributed by atoms with Gasteiger partial charge in [0.15, 0.2) is 0 Å². The number of furan rings is 1. The second-order valence-corrected chi connectivity index (χ2v) is 14.2. The molecule has 10 rings (SSSR count). The Balaban J connectivity index is 0.945. The topological polar surface area (TPSA) is 16.4 Å². The van der Waals surface area contributed by atoms with Crippen molar-refractivity contribution in [3.8, 4) is 55.6 Å². The molecule has 264 valence electrons. The number of hydrogen-bond donors (Lipinski definition) is 0. The first kappa shape index (κ1) is 33.2. The second-order valence-electron chi connectivity index (χ2n) is 14.2. The van der Waals surface area contributed by atoms with Gasteiger partial charge < -0.3 is 9.32 Å². The molecule has 0 unspecified atom stereocenters. The van der Waals surface area contributed by atoms with Gasteiger partial charge in [0, 0.05) is 27.8 Å². The molecule has 0 saturated heterocycles. The van der Waals surface area contributed by atoms with Crippen molar-refractivity contribution in [1.82, 2.24) is 0 Å². The van der Waals surface area contributed by atoms with Crippen molar-refractivity contribution in [2.45, 2.75) is 0 Å². The molecule has 0 N–H and O–H groups in total. The first-order valence-corrected chi connectivity index (χ1v) is 19.1. The molecule has 0 aliphatic carbocycles. The third kappa shape index (κ3) is 6.44. The monoisotopic (exact) mass is 715 g/mol. The molecule has 56 heavy (non-hydrogen) atoms. The largest absolute Gasteiger partial charge is 0.456 e. The van der Waals surface area contributed by atoms with Gasteiger partial charge in [0.1, 0.15) is 11.2 Å². The zero-order valence-corrected chi connectivity index (χ0v) is 30.7. The molecule has 9 aromatic carbocycles. The highest BCUT2D eigenvalue weighted by Gasteiger charge is 2.15. The maximum atomic E-state index is 6.24. The highest BCUT2D eigenvalue weighted by Crippen LogP contribution is 2.39. The molecule has 10 aromatic rings. The van der Waals surface area contributed by atoms with Crippen LogP contribution in [0.15, 0.2) is 229 Å². The molecule has 2 nitrogen and oxygen atoms in total. The fourth-order valence-corrected chi connectivity index (χ4v) is 7.74. The summed E-state index contributed by atoms with van der Waals surface area (Å²) < 4.78 is 6.24. The van der Waals surface area contributed by atoms with E-state index in [-0.39, 0.29) is 0 Å². The smallest absolute Gasteiger partial charge is 0.135 e. The highest BCUT2D eigenvalue weighted by molar-refractivity contribution is 6.07. The van der Waals surface area contributed by atoms with Crippen LogP contribution in [0.1, 0.15) is 0 Å². The number of hydrogen-bond acceptors (Lipinski definition) is 2. The van der Waals surface area contributed by atoms with Crippen molar-refractivity contribution in [2.75, 3.05) is 4.90 Å². The molecule has 0 radical (unpaired) electrons. The third-order valence-corrected chi connectivity index (χ3v) is 10.7. The number of rotatable bonds is 8. The van der Waals surface area contributed by atoms with E-state index in [2.05, 4.69) is 229 Å². The maximum Gasteiger partial charge on any atom is 0.135 e. The van der Waals surface area contributed by atoms with Crippen LogP contribution in [0, 0.1) is 0 Å². The first-order chi connectivity index (χ1) is 27.7. The van der Waals surface area contributed by atoms with Crippen molar-refractivity contribution in [1.29, 1.82) is 0 Å². The Bertz CT molecular complexity index is 2810. The zero-order chi connectivity index (χ0) is 37.3. The minimum absolute atomic E-state index is 0.902. The molecule has 1 aromatic heterocycles. The maximum absolute atomic E-state index is 6.24. The van der Waals surface area contributed by atoms with E-state index in [0.29, 0.717) is 0 Å². The Morgan fingerprint density at radius 1 is 0.232 bits per heavy atom. The molecule has 0 amide bonds. The van der Waals surface area contributed by atoms with Gasteiger partial charge in [-0.1, -0.05) is 164 Å². The third-order valence-electron chi connectivity index (χ3n) is 10.7. The Kier molecular flexibility index (Phi) is 8.55. The molecule has 0 atom stereocenters. The SMILES string of the molecule is c1ccc(-c2ccc(N(c3ccc(-c4ccccc4)cc3)c3ccc(-c4ccc(-c5ccc6oc7ccc(-c8ccccc8)cc7c6c5)cc4)cc3)cc2)cc1. The standard InChI is InChI=1S/C54H37NO/c1-4-10-38(11-5-1)42-20-28-48(29-21-42)55(49-30-22-43(23-31-49)39-12-6-2-7-13-39)50-32-24-44(25-33-50)41-16-18-45(19-17-41)47-27-35-54-52(37-47)51-36-46(26-34-53(51)56-54)40-14-8-3-9-15-40/h1-37H. The van der Waals surface area contributed by atoms with E-state index < -0.39 is 0 Å². The average molecular weight is 716 g/mol. The molecule has 0 saturated carbocycles. The summed E-state index contributed by atoms with van der Waals surface area (Å²) in [5.41, 5.74) is 17.0. The minimum Gasteiger partial charge on any atom is -0.456 e. The lowest BCUT2D eigenvalue weighted by atomic mass is 9.98. The van der Waals surface area contributed by atoms with Crippen molar-refractivity contribution >= 4 is 39.0 Å². The van der Waals surface area contributed by atoms with Crippen LogP contribution >= 0.6 is 0 Å². The molecular weight excluding hydrogens is 679 g/mol. The van der Waals surface area contributed by atoms with Gasteiger partial charge in [-0.25, -0.2) is 0 Å². The van der Waals surface area contributed by atoms with E-state index in [1.165, 1.54) is 55.6 Å². The van der Waals surface area contributed by atoms with Gasteiger partial charge in [0.25, 0.3) is 0 Å². The Hall–Kier alpha value is -7.42. The molecular formula is C54H37NO. The van der Waals surface area contributed by atoms with Gasteiger partial charge in [0.05, 0.1) is 0 Å². The van der Waals surface area contributed by atoms with Crippen LogP contribution in [0.25, 0.3) is 77.6 Å². The van der Waals surface area contributed by atoms with Gasteiger partial charge in [-0.3, -0.25) is 0 Å². The Labute approximate surface area is 327 Å². The molecule has 0 bridgehead atoms. The summed E-state index contributed by atoms with van der Waals surface area (Å²) in [4.78, 5) is 2.33. The van der Waals surface area contributed by atoms with Gasteiger partial charge in [-0.15, -0.1) is 0 Å². The Morgan fingerprint density at radius 2 is 0.482 bits per heavy atom. The number of benzene rings is 9. The second kappa shape index (κ2) is 14.4. The molecule has 2 heteroatoms. The Morgan fingerprint density at radius 3 is 0.821 bits per heavy atom. The number of anilines is 3. The lowest BCUT2D eigenvalue weighted by Gasteiger charge is -2.26. The van der Waals surface area contributed by atoms with E-state index in [4.69, 9.17) is 4.42 Å². The predicted octanol–water partition coefficient (Wildman–Crippen LogP) is 15.4. The molecule has 0 aliphatic rings. The lowest BCUT2D eigenvalue weighted by molar-refractivity contribution is 0.669. The van der Waals surface area contributed by atoms with Gasteiger partial charge in [-0.2, -0.15) is 0 Å². The number of nitrogens with zero attached hydrogens (tertiary/aromatic N) is 1. The summed E-state index contributed by atoms with van der Waals surface area (Å²) in [6, 6.07) is 80.0. The quantitative estimate of drug-likeness (QED) is 0.156. The van der Waals surface area contributed by atoms with E-state index in [9.17, 15) is 0 Å². The van der Waals surface area contributed by atoms with Crippen molar-refractivity contribution < 1.29 is 4.42 Å². The lowest BCUT2D eigenvalue weighted by Crippen LogP contribution is -2.09. The van der Waals surface area contributed by atoms with Crippen LogP contribution in [-0.4, -0.2) is 0 Å². The molecule has 1 heterocycles. The molecule has 0 aliphatic heterocycles. The van der Waals surface area contributed by atoms with Gasteiger partial charge in [0.2, 0.25) is 0 Å². The van der Waals surface area contributed by atoms with Crippen LogP contribution in [-0.2, 0) is 0 Å². The van der Waals surface area contributed by atoms with Crippen LogP contribution < -0.4 is 4.90 Å². The predicted molar refractivity (Wildman–Crippen MR) is 236 cm³/mol. The van der Waals surface area contributed by atoms with Crippen molar-refractivity contribution in [3.63, 3.8) is 0 Å². The first-order valence-electron chi connectivity index (χ1n) is 19.1. The van der Waals surface area contributed by atoms with E-state index in [1.54, 1.807) is 0 Å². The zero-order valence-electron chi connectivity index (χ0n) is 30.7. The fourth-order valence-electron chi connectivity index (χ4n) is 7.74. The van der Waals surface area contributed by atoms with Gasteiger partial charge >= 0.3 is 0 Å². The van der Waals surface area contributed by atoms with Crippen LogP contribution in [0.4, 0.5) is 17.1 Å². The van der Waals surface area contributed by atoms with Gasteiger partial charge in [-0.05, 0) is 116 Å². The summed E-state index contributed by atoms with van der Waals surface area (Å²) in [5, 5.41) is 2.26. The van der Waals surface area contributed by atoms with Crippen LogP contribution in [0.3, 0.4) is 0 Å². The van der Waals surface area contributed by atoms with Crippen molar-refractivity contribution in [3.05, 3.63) is 224 Å². The summed E-state index contributed by atoms with van der Waals surface area (Å²) >= 11 is 0. The van der Waals surface area contributed by atoms with E-state index in [0.717, 1.165) is 39.0 Å². The average Bonchev–Trinajstić information content (AvgIpc) is 3.65. The van der Waals surface area contributed by atoms with E-state index in [1.807, 2.05) is 0 Å². The summed E-state index contributed by atoms with van der Waals surface area (Å²) in [6.45, 7) is 0. The molecule has 0 fully saturated rings. The normalized spacial score (nSPS) is 11.2. The minimum atomic E-state index is 0.902. The van der Waals surface area contributed by atoms with Crippen LogP contribution in [0.5, 0.6) is 0 Å². The van der Waals surface area contributed by atoms with E-state index >= 15 is 0 Å². The van der Waals surface area contributed by atoms with Crippen molar-refractivity contribution in [2.24, 2.45) is 0 Å². The summed E-state index contributed by atoms with van der Waals surface area (Å²) in [6.07, 6.45) is 0. The highest BCUT2D eigenvalue weighted by atomic mass is 16.3. The summed E-state index contributed by atoms with van der Waals surface area (Å²) in [5.74, 6) is 0.